The molecule has 2 amide bonds. The minimum atomic E-state index is -0.694. The molecule has 0 saturated carbocycles. The number of nitrogens with two attached hydrogens (primary N) is 1. The van der Waals surface area contributed by atoms with Gasteiger partial charge in [-0.15, -0.1) is 0 Å². The molecule has 0 atom stereocenters. The Kier molecular flexibility index (Phi) is 3.76. The first-order chi connectivity index (χ1) is 11.0. The number of H-pyrrole nitrogens is 1. The van der Waals surface area contributed by atoms with Crippen LogP contribution in [0.2, 0.25) is 0 Å². The van der Waals surface area contributed by atoms with Crippen LogP contribution in [0.3, 0.4) is 0 Å². The third-order valence-corrected chi connectivity index (χ3v) is 3.40. The van der Waals surface area contributed by atoms with Crippen molar-refractivity contribution in [2.75, 3.05) is 5.32 Å². The summed E-state index contributed by atoms with van der Waals surface area (Å²) >= 11 is 0. The van der Waals surface area contributed by atoms with Crippen LogP contribution in [0.25, 0.3) is 10.9 Å². The number of rotatable bonds is 4. The Hall–Kier alpha value is -3.22. The van der Waals surface area contributed by atoms with Crippen molar-refractivity contribution in [1.29, 1.82) is 0 Å². The normalized spacial score (nSPS) is 10.7. The quantitative estimate of drug-likeness (QED) is 0.686. The Morgan fingerprint density at radius 3 is 2.78 bits per heavy atom. The minimum absolute atomic E-state index is 0.000746. The molecule has 0 saturated heterocycles. The van der Waals surface area contributed by atoms with Gasteiger partial charge in [-0.2, -0.15) is 5.10 Å². The largest absolute Gasteiger partial charge is 0.366 e. The molecule has 3 aromatic rings. The van der Waals surface area contributed by atoms with Crippen molar-refractivity contribution in [2.45, 2.75) is 6.42 Å². The number of hydrogen-bond donors (Lipinski definition) is 3. The fraction of sp³-hybridized carbons (Fsp3) is 0.0625. The number of aromatic nitrogens is 2. The molecule has 0 aliphatic heterocycles. The molecule has 0 radical (unpaired) electrons. The van der Waals surface area contributed by atoms with E-state index in [-0.39, 0.29) is 17.7 Å². The number of para-hydroxylation sites is 1. The number of nitrogens with zero attached hydrogens (tertiary/aromatic N) is 1. The Bertz CT molecular complexity index is 904. The molecular weight excluding hydrogens is 299 g/mol. The maximum absolute atomic E-state index is 13.7. The van der Waals surface area contributed by atoms with Gasteiger partial charge in [-0.1, -0.05) is 18.2 Å². The number of primary amides is 1. The number of fused-ring (bicyclic) bond motifs is 1. The minimum Gasteiger partial charge on any atom is -0.366 e. The molecular formula is C16H13FN4O2. The van der Waals surface area contributed by atoms with Gasteiger partial charge in [0.1, 0.15) is 5.82 Å². The van der Waals surface area contributed by atoms with Gasteiger partial charge in [-0.25, -0.2) is 4.39 Å². The molecule has 0 aliphatic carbocycles. The molecule has 1 aromatic heterocycles. The standard InChI is InChI=1S/C16H13FN4O2/c17-11-6-5-9(16(18)23)7-14(11)19-15(22)8-13-10-3-1-2-4-12(10)20-21-13/h1-7H,8H2,(H2,18,23)(H,19,22)(H,20,21). The van der Waals surface area contributed by atoms with Gasteiger partial charge in [0.05, 0.1) is 23.3 Å². The summed E-state index contributed by atoms with van der Waals surface area (Å²) in [5.74, 6) is -1.77. The van der Waals surface area contributed by atoms with Crippen molar-refractivity contribution in [1.82, 2.24) is 10.2 Å². The molecule has 23 heavy (non-hydrogen) atoms. The second-order valence-corrected chi connectivity index (χ2v) is 5.00. The van der Waals surface area contributed by atoms with Crippen LogP contribution in [0.5, 0.6) is 0 Å². The average Bonchev–Trinajstić information content (AvgIpc) is 2.92. The number of carbonyl (C=O) groups excluding carboxylic acids is 2. The van der Waals surface area contributed by atoms with E-state index in [4.69, 9.17) is 5.73 Å². The second kappa shape index (κ2) is 5.88. The summed E-state index contributed by atoms with van der Waals surface area (Å²) in [5, 5.41) is 10.2. The molecule has 0 bridgehead atoms. The van der Waals surface area contributed by atoms with Crippen molar-refractivity contribution in [3.63, 3.8) is 0 Å². The number of halogens is 1. The zero-order valence-electron chi connectivity index (χ0n) is 12.0. The van der Waals surface area contributed by atoms with Gasteiger partial charge in [0.15, 0.2) is 0 Å². The summed E-state index contributed by atoms with van der Waals surface area (Å²) in [6, 6.07) is 10.9. The third kappa shape index (κ3) is 3.03. The Balaban J connectivity index is 1.80. The summed E-state index contributed by atoms with van der Waals surface area (Å²) in [7, 11) is 0. The number of anilines is 1. The zero-order chi connectivity index (χ0) is 16.4. The lowest BCUT2D eigenvalue weighted by molar-refractivity contribution is -0.115. The first-order valence-electron chi connectivity index (χ1n) is 6.86. The van der Waals surface area contributed by atoms with Crippen molar-refractivity contribution in [3.05, 3.63) is 59.5 Å². The van der Waals surface area contributed by atoms with Gasteiger partial charge in [0.25, 0.3) is 0 Å². The number of benzene rings is 2. The molecule has 4 N–H and O–H groups in total. The van der Waals surface area contributed by atoms with Crippen LogP contribution < -0.4 is 11.1 Å². The van der Waals surface area contributed by atoms with Crippen LogP contribution in [0.1, 0.15) is 16.1 Å². The average molecular weight is 312 g/mol. The number of hydrogen-bond acceptors (Lipinski definition) is 3. The third-order valence-electron chi connectivity index (χ3n) is 3.40. The van der Waals surface area contributed by atoms with Gasteiger partial charge in [0, 0.05) is 10.9 Å². The van der Waals surface area contributed by atoms with Crippen LogP contribution >= 0.6 is 0 Å². The van der Waals surface area contributed by atoms with Gasteiger partial charge in [-0.3, -0.25) is 14.7 Å². The van der Waals surface area contributed by atoms with Crippen LogP contribution in [-0.4, -0.2) is 22.0 Å². The number of carbonyl (C=O) groups is 2. The first-order valence-corrected chi connectivity index (χ1v) is 6.86. The predicted octanol–water partition coefficient (Wildman–Crippen LogP) is 1.98. The zero-order valence-corrected chi connectivity index (χ0v) is 12.0. The number of nitrogens with one attached hydrogen (secondary N) is 2. The molecule has 7 heteroatoms. The van der Waals surface area contributed by atoms with Gasteiger partial charge >= 0.3 is 0 Å². The Morgan fingerprint density at radius 2 is 2.00 bits per heavy atom. The topological polar surface area (TPSA) is 101 Å². The van der Waals surface area contributed by atoms with Gasteiger partial charge in [0.2, 0.25) is 11.8 Å². The molecule has 6 nitrogen and oxygen atoms in total. The van der Waals surface area contributed by atoms with Crippen molar-refractivity contribution in [2.24, 2.45) is 5.73 Å². The summed E-state index contributed by atoms with van der Waals surface area (Å²) in [6.45, 7) is 0. The molecule has 3 rings (SSSR count). The molecule has 0 aliphatic rings. The molecule has 116 valence electrons. The van der Waals surface area contributed by atoms with E-state index in [9.17, 15) is 14.0 Å². The Morgan fingerprint density at radius 1 is 1.22 bits per heavy atom. The molecule has 1 heterocycles. The van der Waals surface area contributed by atoms with E-state index < -0.39 is 17.6 Å². The van der Waals surface area contributed by atoms with Crippen molar-refractivity contribution < 1.29 is 14.0 Å². The Labute approximate surface area is 130 Å². The predicted molar refractivity (Wildman–Crippen MR) is 83.3 cm³/mol. The maximum atomic E-state index is 13.7. The summed E-state index contributed by atoms with van der Waals surface area (Å²) in [4.78, 5) is 23.2. The van der Waals surface area contributed by atoms with E-state index in [0.29, 0.717) is 5.69 Å². The highest BCUT2D eigenvalue weighted by Gasteiger charge is 2.13. The van der Waals surface area contributed by atoms with Gasteiger partial charge < -0.3 is 11.1 Å². The van der Waals surface area contributed by atoms with Crippen molar-refractivity contribution in [3.8, 4) is 0 Å². The lowest BCUT2D eigenvalue weighted by atomic mass is 10.1. The summed E-state index contributed by atoms with van der Waals surface area (Å²) in [6.07, 6.45) is 0.000746. The number of amides is 2. The lowest BCUT2D eigenvalue weighted by Crippen LogP contribution is -2.17. The lowest BCUT2D eigenvalue weighted by Gasteiger charge is -2.07. The van der Waals surface area contributed by atoms with E-state index in [1.54, 1.807) is 0 Å². The molecule has 0 unspecified atom stereocenters. The van der Waals surface area contributed by atoms with Crippen LogP contribution in [-0.2, 0) is 11.2 Å². The van der Waals surface area contributed by atoms with E-state index in [0.717, 1.165) is 17.0 Å². The SMILES string of the molecule is NC(=O)c1ccc(F)c(NC(=O)Cc2[nH]nc3ccccc23)c1. The highest BCUT2D eigenvalue weighted by Crippen LogP contribution is 2.18. The van der Waals surface area contributed by atoms with E-state index in [2.05, 4.69) is 15.5 Å². The fourth-order valence-electron chi connectivity index (χ4n) is 2.28. The monoisotopic (exact) mass is 312 g/mol. The molecule has 2 aromatic carbocycles. The van der Waals surface area contributed by atoms with Crippen LogP contribution in [0, 0.1) is 5.82 Å². The second-order valence-electron chi connectivity index (χ2n) is 5.00. The van der Waals surface area contributed by atoms with E-state index >= 15 is 0 Å². The highest BCUT2D eigenvalue weighted by molar-refractivity contribution is 5.98. The van der Waals surface area contributed by atoms with Crippen molar-refractivity contribution >= 4 is 28.4 Å². The molecule has 0 fully saturated rings. The maximum Gasteiger partial charge on any atom is 0.248 e. The van der Waals surface area contributed by atoms with Crippen LogP contribution in [0.15, 0.2) is 42.5 Å². The number of aromatic amines is 1. The first kappa shape index (κ1) is 14.7. The summed E-state index contributed by atoms with van der Waals surface area (Å²) < 4.78 is 13.7. The van der Waals surface area contributed by atoms with E-state index in [1.165, 1.54) is 12.1 Å². The highest BCUT2D eigenvalue weighted by atomic mass is 19.1. The smallest absolute Gasteiger partial charge is 0.248 e. The van der Waals surface area contributed by atoms with Gasteiger partial charge in [-0.05, 0) is 24.3 Å². The van der Waals surface area contributed by atoms with Crippen LogP contribution in [0.4, 0.5) is 10.1 Å². The fourth-order valence-corrected chi connectivity index (χ4v) is 2.28. The molecule has 0 spiro atoms. The van der Waals surface area contributed by atoms with E-state index in [1.807, 2.05) is 24.3 Å². The summed E-state index contributed by atoms with van der Waals surface area (Å²) in [5.41, 5.74) is 6.56.